The first-order chi connectivity index (χ1) is 54.8. The topological polar surface area (TPSA) is 237 Å². The lowest BCUT2D eigenvalue weighted by atomic mass is 10.1. The van der Waals surface area contributed by atoms with Crippen LogP contribution in [0.4, 0.5) is 67.7 Å². The van der Waals surface area contributed by atoms with Crippen LogP contribution in [0, 0.1) is 38.2 Å². The van der Waals surface area contributed by atoms with Gasteiger partial charge >= 0.3 is 24.5 Å². The third-order valence-electron chi connectivity index (χ3n) is 17.6. The number of aromatic carboxylic acids is 1. The van der Waals surface area contributed by atoms with Crippen LogP contribution in [0.15, 0.2) is 245 Å². The monoisotopic (exact) mass is 1720 g/mol. The van der Waals surface area contributed by atoms with Crippen molar-refractivity contribution in [3.05, 3.63) is 320 Å². The van der Waals surface area contributed by atoms with E-state index in [0.717, 1.165) is 126 Å². The first kappa shape index (κ1) is 87.2. The number of halogens is 12. The van der Waals surface area contributed by atoms with E-state index in [1.54, 1.807) is 81.4 Å². The van der Waals surface area contributed by atoms with Gasteiger partial charge in [0.1, 0.15) is 32.5 Å². The number of carboxylic acids is 1. The average Bonchev–Trinajstić information content (AvgIpc) is 1.55. The number of carbonyl (C=O) groups is 3. The van der Waals surface area contributed by atoms with Gasteiger partial charge in [0.2, 0.25) is 0 Å². The van der Waals surface area contributed by atoms with E-state index in [0.29, 0.717) is 58.1 Å². The van der Waals surface area contributed by atoms with E-state index in [9.17, 15) is 92.3 Å². The molecule has 35 heteroatoms. The van der Waals surface area contributed by atoms with E-state index in [1.165, 1.54) is 53.2 Å². The first-order valence-electron chi connectivity index (χ1n) is 34.3. The van der Waals surface area contributed by atoms with Gasteiger partial charge in [-0.15, -0.1) is 34.0 Å². The number of amides is 2. The number of carbonyl (C=O) groups excluding carboxylic acids is 2. The number of thiophene rings is 3. The summed E-state index contributed by atoms with van der Waals surface area (Å²) in [7, 11) is -13.1. The Hall–Kier alpha value is -11.2. The Morgan fingerprint density at radius 1 is 0.388 bits per heavy atom. The number of anilines is 3. The molecule has 13 aromatic rings. The van der Waals surface area contributed by atoms with Gasteiger partial charge in [-0.3, -0.25) is 32.5 Å². The van der Waals surface area contributed by atoms with Gasteiger partial charge in [0.15, 0.2) is 0 Å². The Morgan fingerprint density at radius 2 is 0.672 bits per heavy atom. The molecule has 17 nitrogen and oxygen atoms in total. The summed E-state index contributed by atoms with van der Waals surface area (Å²) < 4.78 is 250. The predicted molar refractivity (Wildman–Crippen MR) is 420 cm³/mol. The van der Waals surface area contributed by atoms with Crippen LogP contribution in [0.1, 0.15) is 101 Å². The Bertz CT molecular complexity index is 6130. The Balaban J connectivity index is 0.000000183. The number of hydrogen-bond acceptors (Lipinski definition) is 14. The largest absolute Gasteiger partial charge is 0.478 e. The fourth-order valence-electron chi connectivity index (χ4n) is 11.7. The highest BCUT2D eigenvalue weighted by molar-refractivity contribution is 7.93. The zero-order valence-corrected chi connectivity index (χ0v) is 66.0. The first-order valence-corrected chi connectivity index (χ1v) is 41.1. The molecule has 0 saturated heterocycles. The zero-order valence-electron chi connectivity index (χ0n) is 61.1. The van der Waals surface area contributed by atoms with E-state index in [2.05, 4.69) is 5.48 Å². The number of benzene rings is 10. The van der Waals surface area contributed by atoms with Gasteiger partial charge < -0.3 is 5.11 Å². The van der Waals surface area contributed by atoms with Gasteiger partial charge in [0.25, 0.3) is 41.9 Å². The van der Waals surface area contributed by atoms with Gasteiger partial charge in [-0.2, -0.15) is 39.5 Å². The molecule has 116 heavy (non-hydrogen) atoms. The maximum Gasteiger partial charge on any atom is 0.419 e. The van der Waals surface area contributed by atoms with Crippen LogP contribution in [-0.2, 0) is 79.7 Å². The average molecular weight is 1720 g/mol. The number of nitrogens with one attached hydrogen (secondary N) is 2. The zero-order chi connectivity index (χ0) is 84.6. The molecular formula is C81H65F12N5O12S6. The predicted octanol–water partition coefficient (Wildman–Crippen LogP) is 21.0. The normalized spacial score (nSPS) is 11.9. The minimum atomic E-state index is -4.96. The van der Waals surface area contributed by atoms with Gasteiger partial charge in [-0.25, -0.2) is 54.2 Å². The number of alkyl halides is 9. The van der Waals surface area contributed by atoms with Gasteiger partial charge in [-0.05, 0) is 203 Å². The molecule has 2 amide bonds. The maximum atomic E-state index is 14.0. The Kier molecular flexibility index (Phi) is 27.0. The molecule has 10 aromatic carbocycles. The van der Waals surface area contributed by atoms with Crippen molar-refractivity contribution in [1.82, 2.24) is 11.0 Å². The lowest BCUT2D eigenvalue weighted by molar-refractivity contribution is -0.140. The lowest BCUT2D eigenvalue weighted by Crippen LogP contribution is -2.31. The van der Waals surface area contributed by atoms with E-state index < -0.39 is 120 Å². The second kappa shape index (κ2) is 35.9. The third kappa shape index (κ3) is 19.7. The van der Waals surface area contributed by atoms with Crippen LogP contribution in [-0.4, -0.2) is 53.4 Å². The molecule has 3 aromatic heterocycles. The molecule has 0 aliphatic carbocycles. The summed E-state index contributed by atoms with van der Waals surface area (Å²) >= 11 is 3.47. The molecule has 0 aliphatic rings. The summed E-state index contributed by atoms with van der Waals surface area (Å²) in [6.07, 6.45) is -14.9. The molecule has 0 radical (unpaired) electrons. The number of hydrogen-bond donors (Lipinski definition) is 4. The van der Waals surface area contributed by atoms with Crippen molar-refractivity contribution in [3.63, 3.8) is 0 Å². The molecule has 13 rings (SSSR count). The Morgan fingerprint density at radius 3 is 0.957 bits per heavy atom. The number of sulfonamides is 3. The molecule has 0 atom stereocenters. The van der Waals surface area contributed by atoms with Gasteiger partial charge in [-0.1, -0.05) is 117 Å². The van der Waals surface area contributed by atoms with Gasteiger partial charge in [0, 0.05) is 25.2 Å². The fourth-order valence-corrected chi connectivity index (χ4v) is 20.5. The number of aryl methyl sites for hydroxylation is 3. The van der Waals surface area contributed by atoms with Crippen molar-refractivity contribution < 1.29 is 107 Å². The van der Waals surface area contributed by atoms with Crippen molar-refractivity contribution in [2.45, 2.75) is 94.1 Å². The van der Waals surface area contributed by atoms with Crippen molar-refractivity contribution >= 4 is 127 Å². The summed E-state index contributed by atoms with van der Waals surface area (Å²) in [6.45, 7) is 7.77. The van der Waals surface area contributed by atoms with Crippen LogP contribution in [0.5, 0.6) is 0 Å². The Labute approximate surface area is 668 Å². The van der Waals surface area contributed by atoms with Crippen LogP contribution in [0.3, 0.4) is 0 Å². The SMILES string of the molecule is CC.Cc1c(N(Cc2ccc(F)c(C(F)(F)F)c2)S(=O)(=O)c2ccc(C(=O)NO)cc2)sc2ccccc12.Cc1c(N(Cc2ccc(F)c(C(F)(F)F)c2)S(=O)(=O)c2ccc(C(=O)NOCc3ccccc3)cc2)sc2ccccc12.Cc1c(N(Cc2ccc(F)c(C(F)(F)F)c2)S(=O)(=O)c2ccc(C(=O)O)cc2)sc2ccccc12. The molecule has 606 valence electrons. The molecule has 0 saturated carbocycles. The van der Waals surface area contributed by atoms with Crippen molar-refractivity contribution in [3.8, 4) is 0 Å². The lowest BCUT2D eigenvalue weighted by Gasteiger charge is -2.25. The standard InChI is InChI=1S/C31H24F4N2O4S2.C24H18F4N2O4S2.C24H17F4NO4S2.C2H6/c1-20-25-9-5-6-10-28(25)42-30(20)37(18-22-11-16-27(32)26(17-22)31(33,34)35)43(39,40)24-14-12-23(13-15-24)29(38)36-41-19-21-7-3-2-4-8-21;1-14-18-4-2-3-5-21(18)35-23(14)30(13-15-6-11-20(25)19(12-15)24(26,27)28)36(33,34)17-9-7-16(8-10-17)22(31)29-32;1-14-18-4-2-3-5-21(18)34-22(14)29(13-15-6-11-20(25)19(12-15)24(26,27)28)35(32,33)17-9-7-16(8-10-17)23(30)31;1-2/h2-17H,18-19H2,1H3,(H,36,38);2-12,32H,13H2,1H3,(H,29,31);2-12H,13H2,1H3,(H,30,31);1-2H3. The molecule has 0 unspecified atom stereocenters. The summed E-state index contributed by atoms with van der Waals surface area (Å²) in [6, 6.07) is 52.1. The molecule has 4 N–H and O–H groups in total. The molecule has 0 fully saturated rings. The van der Waals surface area contributed by atoms with Crippen LogP contribution >= 0.6 is 34.0 Å². The van der Waals surface area contributed by atoms with E-state index in [4.69, 9.17) is 15.2 Å². The second-order valence-corrected chi connectivity index (χ2v) is 33.8. The quantitative estimate of drug-likeness (QED) is 0.0299. The summed E-state index contributed by atoms with van der Waals surface area (Å²) in [5, 5.41) is 21.1. The number of carboxylic acid groups (broad SMARTS) is 1. The van der Waals surface area contributed by atoms with Crippen LogP contribution in [0.25, 0.3) is 30.3 Å². The number of hydroxylamine groups is 2. The fraction of sp³-hybridized carbons (Fsp3) is 0.148. The molecule has 0 aliphatic heterocycles. The van der Waals surface area contributed by atoms with Crippen LogP contribution in [0.2, 0.25) is 0 Å². The van der Waals surface area contributed by atoms with E-state index in [1.807, 2.05) is 56.3 Å². The van der Waals surface area contributed by atoms with Crippen LogP contribution < -0.4 is 23.9 Å². The highest BCUT2D eigenvalue weighted by Crippen LogP contribution is 2.46. The maximum absolute atomic E-state index is 14.0. The van der Waals surface area contributed by atoms with Crippen molar-refractivity contribution in [1.29, 1.82) is 0 Å². The molecule has 0 spiro atoms. The van der Waals surface area contributed by atoms with Crippen molar-refractivity contribution in [2.75, 3.05) is 12.9 Å². The smallest absolute Gasteiger partial charge is 0.419 e. The molecular weight excluding hydrogens is 1660 g/mol. The summed E-state index contributed by atoms with van der Waals surface area (Å²) in [5.41, 5.74) is 1.76. The number of rotatable bonds is 21. The second-order valence-electron chi connectivity index (χ2n) is 25.1. The summed E-state index contributed by atoms with van der Waals surface area (Å²) in [4.78, 5) is 39.9. The number of nitrogens with zero attached hydrogens (tertiary/aromatic N) is 3. The van der Waals surface area contributed by atoms with Gasteiger partial charge in [0.05, 0.1) is 63.2 Å². The van der Waals surface area contributed by atoms with E-state index in [-0.39, 0.29) is 64.7 Å². The highest BCUT2D eigenvalue weighted by atomic mass is 32.2. The van der Waals surface area contributed by atoms with Crippen molar-refractivity contribution in [2.24, 2.45) is 0 Å². The molecule has 0 bridgehead atoms. The highest BCUT2D eigenvalue weighted by Gasteiger charge is 2.39. The van der Waals surface area contributed by atoms with E-state index >= 15 is 0 Å². The minimum absolute atomic E-state index is 0.00519. The summed E-state index contributed by atoms with van der Waals surface area (Å²) in [5.74, 6) is -7.05. The molecule has 3 heterocycles. The third-order valence-corrected chi connectivity index (χ3v) is 27.1. The number of fused-ring (bicyclic) bond motifs is 3. The minimum Gasteiger partial charge on any atom is -0.478 e.